The monoisotopic (exact) mass is 878 g/mol. The largest absolute Gasteiger partial charge is 0.505 e. The van der Waals surface area contributed by atoms with Gasteiger partial charge in [0.15, 0.2) is 5.75 Å². The summed E-state index contributed by atoms with van der Waals surface area (Å²) in [6.07, 6.45) is 0.833. The molecular formula is C25H33Cl11O10. The number of benzene rings is 1. The van der Waals surface area contributed by atoms with Crippen LogP contribution < -0.4 is 0 Å². The molecule has 10 nitrogen and oxygen atoms in total. The summed E-state index contributed by atoms with van der Waals surface area (Å²) in [7, 11) is 0. The zero-order valence-corrected chi connectivity index (χ0v) is 31.8. The first-order valence-corrected chi connectivity index (χ1v) is 16.9. The number of carboxylic acid groups (broad SMARTS) is 1. The van der Waals surface area contributed by atoms with Gasteiger partial charge in [0, 0.05) is 6.08 Å². The molecule has 1 fully saturated rings. The highest BCUT2D eigenvalue weighted by Crippen LogP contribution is 2.47. The van der Waals surface area contributed by atoms with Crippen molar-refractivity contribution < 1.29 is 50.4 Å². The van der Waals surface area contributed by atoms with Gasteiger partial charge >= 0.3 is 5.97 Å². The van der Waals surface area contributed by atoms with Crippen molar-refractivity contribution in [2.75, 3.05) is 52.9 Å². The number of halogens is 11. The molecule has 0 atom stereocenters. The first-order chi connectivity index (χ1) is 21.3. The maximum atomic E-state index is 9.25. The van der Waals surface area contributed by atoms with Gasteiger partial charge in [-0.25, -0.2) is 4.79 Å². The Balaban J connectivity index is 0. The van der Waals surface area contributed by atoms with E-state index in [9.17, 15) is 9.90 Å². The van der Waals surface area contributed by atoms with Crippen LogP contribution in [0.25, 0.3) is 0 Å². The van der Waals surface area contributed by atoms with Crippen molar-refractivity contribution in [1.82, 2.24) is 0 Å². The predicted molar refractivity (Wildman–Crippen MR) is 187 cm³/mol. The molecule has 2 rings (SSSR count). The SMILES string of the molecule is C=CC(=O)O.Cl[C@H]1[C@H](Cl)[C@@H](Cl)[C@@H](Cl)[C@H](Cl)[C@H]1Cl.OCC(CO)(CO)COCC(CO)(CO)CO.Oc1c(Cl)c(Cl)c(Cl)c(Cl)c1Cl. The Morgan fingerprint density at radius 1 is 0.587 bits per heavy atom. The minimum atomic E-state index is -1.16. The topological polar surface area (TPSA) is 188 Å². The highest BCUT2D eigenvalue weighted by atomic mass is 35.5. The minimum absolute atomic E-state index is 0.00904. The number of phenolic OH excluding ortho intramolecular Hbond substituents is 1. The number of alkyl halides is 6. The molecule has 46 heavy (non-hydrogen) atoms. The van der Waals surface area contributed by atoms with Gasteiger partial charge in [-0.15, -0.1) is 69.6 Å². The summed E-state index contributed by atoms with van der Waals surface area (Å²) in [4.78, 5) is 9.25. The Morgan fingerprint density at radius 2 is 0.783 bits per heavy atom. The number of aliphatic hydroxyl groups is 6. The Morgan fingerprint density at radius 3 is 0.957 bits per heavy atom. The van der Waals surface area contributed by atoms with Crippen molar-refractivity contribution in [2.24, 2.45) is 10.8 Å². The molecule has 0 bridgehead atoms. The Kier molecular flexibility index (Phi) is 26.1. The lowest BCUT2D eigenvalue weighted by Gasteiger charge is -2.37. The van der Waals surface area contributed by atoms with Crippen molar-refractivity contribution in [3.63, 3.8) is 0 Å². The molecule has 8 N–H and O–H groups in total. The second-order valence-electron chi connectivity index (χ2n) is 9.57. The van der Waals surface area contributed by atoms with E-state index in [2.05, 4.69) is 6.58 Å². The fourth-order valence-electron chi connectivity index (χ4n) is 2.71. The lowest BCUT2D eigenvalue weighted by atomic mass is 9.91. The van der Waals surface area contributed by atoms with E-state index in [1.807, 2.05) is 0 Å². The van der Waals surface area contributed by atoms with E-state index < -0.39 is 88.7 Å². The maximum absolute atomic E-state index is 9.25. The number of rotatable bonds is 11. The third-order valence-corrected chi connectivity index (χ3v) is 12.3. The van der Waals surface area contributed by atoms with Crippen LogP contribution in [0.15, 0.2) is 12.7 Å². The smallest absolute Gasteiger partial charge is 0.327 e. The Bertz CT molecular complexity index is 864. The molecule has 270 valence electrons. The average Bonchev–Trinajstić information content (AvgIpc) is 3.08. The van der Waals surface area contributed by atoms with E-state index in [-0.39, 0.29) is 44.1 Å². The van der Waals surface area contributed by atoms with Gasteiger partial charge in [-0.3, -0.25) is 0 Å². The number of hydrogen-bond acceptors (Lipinski definition) is 9. The highest BCUT2D eigenvalue weighted by molar-refractivity contribution is 6.55. The summed E-state index contributed by atoms with van der Waals surface area (Å²) >= 11 is 63.2. The number of aliphatic carboxylic acids is 1. The molecule has 1 aliphatic rings. The minimum Gasteiger partial charge on any atom is -0.505 e. The molecule has 0 radical (unpaired) electrons. The standard InChI is InChI=1S/C10H22O7.C6H6Cl6.C6HCl5O.C3H4O2/c11-1-9(2-12,3-13)7-17-8-10(4-14,5-15)6-16;2*7-1-2(8)4(10)6(12)5(11)3(1)9;1-2-3(4)5/h11-16H,1-8H2;1-6H;12H;2H,1H2,(H,4,5)/t;1-,2-,3-,4+,5+,6+;;. The number of hydrogen-bond donors (Lipinski definition) is 8. The van der Waals surface area contributed by atoms with E-state index in [4.69, 9.17) is 168 Å². The maximum Gasteiger partial charge on any atom is 0.327 e. The first kappa shape index (κ1) is 49.3. The number of carboxylic acids is 1. The second kappa shape index (κ2) is 24.3. The average molecular weight is 884 g/mol. The van der Waals surface area contributed by atoms with Crippen LogP contribution in [0.2, 0.25) is 25.1 Å². The van der Waals surface area contributed by atoms with E-state index in [1.165, 1.54) is 0 Å². The van der Waals surface area contributed by atoms with Gasteiger partial charge < -0.3 is 45.6 Å². The molecule has 0 heterocycles. The molecule has 21 heteroatoms. The van der Waals surface area contributed by atoms with Gasteiger partial charge in [-0.05, 0) is 0 Å². The van der Waals surface area contributed by atoms with Crippen molar-refractivity contribution >= 4 is 134 Å². The molecule has 0 aliphatic heterocycles. The van der Waals surface area contributed by atoms with Gasteiger partial charge in [-0.1, -0.05) is 64.6 Å². The molecule has 1 aromatic carbocycles. The highest BCUT2D eigenvalue weighted by Gasteiger charge is 2.47. The molecule has 1 aromatic rings. The lowest BCUT2D eigenvalue weighted by molar-refractivity contribution is -0.131. The van der Waals surface area contributed by atoms with Crippen LogP contribution >= 0.6 is 128 Å². The van der Waals surface area contributed by atoms with Crippen LogP contribution in [0.1, 0.15) is 0 Å². The molecule has 0 amide bonds. The third-order valence-electron chi connectivity index (χ3n) is 6.02. The summed E-state index contributed by atoms with van der Waals surface area (Å²) in [5, 5.41) is 68.2. The van der Waals surface area contributed by atoms with Crippen molar-refractivity contribution in [3.05, 3.63) is 37.8 Å². The number of aromatic hydroxyl groups is 1. The fourth-order valence-corrected chi connectivity index (χ4v) is 6.16. The van der Waals surface area contributed by atoms with Crippen LogP contribution in [-0.2, 0) is 9.53 Å². The van der Waals surface area contributed by atoms with E-state index in [1.54, 1.807) is 0 Å². The van der Waals surface area contributed by atoms with Gasteiger partial charge in [0.1, 0.15) is 10.0 Å². The fraction of sp³-hybridized carbons (Fsp3) is 0.640. The zero-order valence-electron chi connectivity index (χ0n) is 23.5. The normalized spacial score (nSPS) is 22.7. The number of ether oxygens (including phenoxy) is 1. The zero-order chi connectivity index (χ0) is 36.6. The van der Waals surface area contributed by atoms with Crippen molar-refractivity contribution in [3.8, 4) is 5.75 Å². The summed E-state index contributed by atoms with van der Waals surface area (Å²) in [6, 6.07) is 0. The third kappa shape index (κ3) is 14.8. The summed E-state index contributed by atoms with van der Waals surface area (Å²) in [5.74, 6) is -1.34. The van der Waals surface area contributed by atoms with Gasteiger partial charge in [0.05, 0.1) is 111 Å². The summed E-state index contributed by atoms with van der Waals surface area (Å²) in [6.45, 7) is -0.0446. The predicted octanol–water partition coefficient (Wildman–Crippen LogP) is 5.49. The van der Waals surface area contributed by atoms with Crippen LogP contribution in [-0.4, -0.2) is 132 Å². The van der Waals surface area contributed by atoms with Gasteiger partial charge in [0.2, 0.25) is 0 Å². The molecule has 1 aliphatic carbocycles. The molecule has 0 spiro atoms. The quantitative estimate of drug-likeness (QED) is 0.0612. The lowest BCUT2D eigenvalue weighted by Crippen LogP contribution is -2.52. The molecular weight excluding hydrogens is 850 g/mol. The molecule has 0 saturated heterocycles. The van der Waals surface area contributed by atoms with Crippen molar-refractivity contribution in [2.45, 2.75) is 32.3 Å². The van der Waals surface area contributed by atoms with E-state index in [0.717, 1.165) is 6.08 Å². The van der Waals surface area contributed by atoms with Crippen LogP contribution in [0.3, 0.4) is 0 Å². The first-order valence-electron chi connectivity index (χ1n) is 12.4. The van der Waals surface area contributed by atoms with E-state index in [0.29, 0.717) is 0 Å². The molecule has 0 aromatic heterocycles. The van der Waals surface area contributed by atoms with Gasteiger partial charge in [-0.2, -0.15) is 0 Å². The van der Waals surface area contributed by atoms with Crippen LogP contribution in [0.4, 0.5) is 0 Å². The Labute approximate surface area is 321 Å². The van der Waals surface area contributed by atoms with Crippen LogP contribution in [0, 0.1) is 10.8 Å². The number of aliphatic hydroxyl groups excluding tert-OH is 6. The number of carbonyl (C=O) groups is 1. The number of phenols is 1. The molecule has 1 saturated carbocycles. The van der Waals surface area contributed by atoms with Crippen molar-refractivity contribution in [1.29, 1.82) is 0 Å². The van der Waals surface area contributed by atoms with E-state index >= 15 is 0 Å². The second-order valence-corrected chi connectivity index (χ2v) is 14.5. The summed E-state index contributed by atoms with van der Waals surface area (Å²) < 4.78 is 5.15. The Hall–Kier alpha value is 1.14. The van der Waals surface area contributed by atoms with Crippen LogP contribution in [0.5, 0.6) is 5.75 Å². The molecule has 0 unspecified atom stereocenters. The summed E-state index contributed by atoms with van der Waals surface area (Å²) in [5.41, 5.74) is -2.32. The van der Waals surface area contributed by atoms with Gasteiger partial charge in [0.25, 0.3) is 0 Å².